The summed E-state index contributed by atoms with van der Waals surface area (Å²) in [6, 6.07) is 7.71. The number of methoxy groups -OCH3 is 1. The number of hydrogen-bond acceptors (Lipinski definition) is 4. The third-order valence-electron chi connectivity index (χ3n) is 4.73. The molecule has 0 saturated carbocycles. The molecule has 0 spiro atoms. The van der Waals surface area contributed by atoms with Gasteiger partial charge in [0, 0.05) is 23.6 Å². The van der Waals surface area contributed by atoms with E-state index in [0.717, 1.165) is 30.4 Å². The quantitative estimate of drug-likeness (QED) is 0.465. The first-order valence-electron chi connectivity index (χ1n) is 8.63. The molecule has 128 valence electrons. The van der Waals surface area contributed by atoms with Crippen LogP contribution in [0.1, 0.15) is 36.0 Å². The highest BCUT2D eigenvalue weighted by molar-refractivity contribution is 6.42. The number of rotatable bonds is 6. The zero-order valence-electron chi connectivity index (χ0n) is 14.2. The first-order chi connectivity index (χ1) is 11.7. The van der Waals surface area contributed by atoms with Crippen molar-refractivity contribution in [3.8, 4) is 0 Å². The number of carbonyl (C=O) groups is 2. The second-order valence-electron chi connectivity index (χ2n) is 6.33. The average Bonchev–Trinajstić information content (AvgIpc) is 3.00. The maximum atomic E-state index is 12.2. The Hall–Kier alpha value is -2.14. The lowest BCUT2D eigenvalue weighted by atomic mass is 10.1. The molecule has 0 aliphatic carbocycles. The van der Waals surface area contributed by atoms with Crippen LogP contribution in [0.15, 0.2) is 30.5 Å². The summed E-state index contributed by atoms with van der Waals surface area (Å²) in [5.41, 5.74) is 1.42. The van der Waals surface area contributed by atoms with Crippen LogP contribution in [0, 0.1) is 0 Å². The highest BCUT2D eigenvalue weighted by atomic mass is 16.5. The van der Waals surface area contributed by atoms with Gasteiger partial charge in [-0.3, -0.25) is 4.79 Å². The summed E-state index contributed by atoms with van der Waals surface area (Å²) in [6.45, 7) is 4.30. The Morgan fingerprint density at radius 3 is 2.58 bits per heavy atom. The van der Waals surface area contributed by atoms with Gasteiger partial charge in [-0.1, -0.05) is 24.6 Å². The first-order valence-corrected chi connectivity index (χ1v) is 8.63. The van der Waals surface area contributed by atoms with Gasteiger partial charge in [0.1, 0.15) is 0 Å². The Balaban J connectivity index is 1.75. The Labute approximate surface area is 142 Å². The van der Waals surface area contributed by atoms with E-state index >= 15 is 0 Å². The number of esters is 1. The molecule has 1 aliphatic rings. The van der Waals surface area contributed by atoms with E-state index in [1.807, 2.05) is 24.3 Å². The molecule has 2 aromatic rings. The topological polar surface area (TPSA) is 51.5 Å². The van der Waals surface area contributed by atoms with Gasteiger partial charge in [-0.25, -0.2) is 4.79 Å². The smallest absolute Gasteiger partial charge is 0.379 e. The number of benzene rings is 1. The minimum absolute atomic E-state index is 0.426. The Morgan fingerprint density at radius 2 is 1.83 bits per heavy atom. The Kier molecular flexibility index (Phi) is 5.30. The number of likely N-dealkylation sites (tertiary alicyclic amines) is 1. The van der Waals surface area contributed by atoms with Gasteiger partial charge in [0.15, 0.2) is 0 Å². The minimum atomic E-state index is -0.814. The molecule has 0 bridgehead atoms. The number of ether oxygens (including phenoxy) is 1. The molecule has 5 nitrogen and oxygen atoms in total. The van der Waals surface area contributed by atoms with Crippen molar-refractivity contribution >= 4 is 22.7 Å². The van der Waals surface area contributed by atoms with Gasteiger partial charge in [-0.05, 0) is 45.0 Å². The van der Waals surface area contributed by atoms with Gasteiger partial charge in [0.05, 0.1) is 12.7 Å². The number of aryl methyl sites for hydroxylation is 1. The van der Waals surface area contributed by atoms with Crippen molar-refractivity contribution in [3.05, 3.63) is 36.0 Å². The van der Waals surface area contributed by atoms with E-state index in [2.05, 4.69) is 14.2 Å². The number of piperidine rings is 1. The van der Waals surface area contributed by atoms with Gasteiger partial charge in [0.25, 0.3) is 5.78 Å². The van der Waals surface area contributed by atoms with Crippen LogP contribution in [0.2, 0.25) is 0 Å². The lowest BCUT2D eigenvalue weighted by Crippen LogP contribution is -2.31. The zero-order valence-corrected chi connectivity index (χ0v) is 14.2. The predicted molar refractivity (Wildman–Crippen MR) is 93.2 cm³/mol. The molecule has 1 saturated heterocycles. The molecule has 2 heterocycles. The zero-order chi connectivity index (χ0) is 16.9. The summed E-state index contributed by atoms with van der Waals surface area (Å²) in [7, 11) is 1.23. The van der Waals surface area contributed by atoms with Gasteiger partial charge >= 0.3 is 5.97 Å². The highest BCUT2D eigenvalue weighted by Crippen LogP contribution is 2.22. The molecule has 24 heavy (non-hydrogen) atoms. The molecule has 0 N–H and O–H groups in total. The molecule has 0 radical (unpaired) electrons. The predicted octanol–water partition coefficient (Wildman–Crippen LogP) is 2.87. The van der Waals surface area contributed by atoms with Gasteiger partial charge in [-0.15, -0.1) is 0 Å². The van der Waals surface area contributed by atoms with Gasteiger partial charge in [-0.2, -0.15) is 0 Å². The summed E-state index contributed by atoms with van der Waals surface area (Å²) in [6.07, 6.45) is 6.76. The van der Waals surface area contributed by atoms with Gasteiger partial charge < -0.3 is 14.2 Å². The van der Waals surface area contributed by atoms with Crippen LogP contribution in [0.3, 0.4) is 0 Å². The first kappa shape index (κ1) is 16.7. The fourth-order valence-electron chi connectivity index (χ4n) is 3.46. The van der Waals surface area contributed by atoms with E-state index in [9.17, 15) is 9.59 Å². The standard InChI is InChI=1S/C19H24N2O3/c1-24-19(23)18(22)16-14-21(17-9-4-3-8-15(16)17)13-7-12-20-10-5-2-6-11-20/h3-4,8-9,14H,2,5-7,10-13H2,1H3. The molecule has 1 aromatic carbocycles. The van der Waals surface area contributed by atoms with E-state index in [-0.39, 0.29) is 0 Å². The number of Topliss-reactive ketones (excluding diaryl/α,β-unsaturated/α-hetero) is 1. The largest absolute Gasteiger partial charge is 0.463 e. The highest BCUT2D eigenvalue weighted by Gasteiger charge is 2.22. The van der Waals surface area contributed by atoms with Crippen molar-refractivity contribution in [2.75, 3.05) is 26.7 Å². The van der Waals surface area contributed by atoms with Crippen molar-refractivity contribution in [1.82, 2.24) is 9.47 Å². The van der Waals surface area contributed by atoms with E-state index in [0.29, 0.717) is 5.56 Å². The van der Waals surface area contributed by atoms with Crippen LogP contribution in [0.25, 0.3) is 10.9 Å². The van der Waals surface area contributed by atoms with Crippen molar-refractivity contribution in [3.63, 3.8) is 0 Å². The number of ketones is 1. The third kappa shape index (κ3) is 3.51. The summed E-state index contributed by atoms with van der Waals surface area (Å²) in [5, 5.41) is 0.811. The second-order valence-corrected chi connectivity index (χ2v) is 6.33. The van der Waals surface area contributed by atoms with Crippen LogP contribution < -0.4 is 0 Å². The molecule has 1 aromatic heterocycles. The van der Waals surface area contributed by atoms with Crippen molar-refractivity contribution in [2.24, 2.45) is 0 Å². The summed E-state index contributed by atoms with van der Waals surface area (Å²) in [4.78, 5) is 26.3. The number of aromatic nitrogens is 1. The van der Waals surface area contributed by atoms with E-state index in [4.69, 9.17) is 0 Å². The minimum Gasteiger partial charge on any atom is -0.463 e. The fourth-order valence-corrected chi connectivity index (χ4v) is 3.46. The number of hydrogen-bond donors (Lipinski definition) is 0. The second kappa shape index (κ2) is 7.62. The van der Waals surface area contributed by atoms with E-state index in [1.165, 1.54) is 39.5 Å². The summed E-state index contributed by atoms with van der Waals surface area (Å²) >= 11 is 0. The van der Waals surface area contributed by atoms with Crippen LogP contribution in [-0.4, -0.2) is 48.0 Å². The monoisotopic (exact) mass is 328 g/mol. The molecule has 5 heteroatoms. The SMILES string of the molecule is COC(=O)C(=O)c1cn(CCCN2CCCCC2)c2ccccc12. The van der Waals surface area contributed by atoms with E-state index in [1.54, 1.807) is 6.20 Å². The normalized spacial score (nSPS) is 15.5. The molecule has 0 amide bonds. The molecular weight excluding hydrogens is 304 g/mol. The number of fused-ring (bicyclic) bond motifs is 1. The molecule has 0 atom stereocenters. The molecule has 0 unspecified atom stereocenters. The fraction of sp³-hybridized carbons (Fsp3) is 0.474. The van der Waals surface area contributed by atoms with Crippen molar-refractivity contribution in [2.45, 2.75) is 32.2 Å². The summed E-state index contributed by atoms with van der Waals surface area (Å²) in [5.74, 6) is -1.39. The lowest BCUT2D eigenvalue weighted by molar-refractivity contribution is -0.135. The maximum Gasteiger partial charge on any atom is 0.379 e. The maximum absolute atomic E-state index is 12.2. The van der Waals surface area contributed by atoms with Crippen LogP contribution in [0.4, 0.5) is 0 Å². The van der Waals surface area contributed by atoms with Gasteiger partial charge in [0.2, 0.25) is 0 Å². The Bertz CT molecular complexity index is 729. The van der Waals surface area contributed by atoms with E-state index < -0.39 is 11.8 Å². The molecular formula is C19H24N2O3. The molecule has 3 rings (SSSR count). The van der Waals surface area contributed by atoms with Crippen LogP contribution >= 0.6 is 0 Å². The Morgan fingerprint density at radius 1 is 1.08 bits per heavy atom. The molecule has 1 fully saturated rings. The van der Waals surface area contributed by atoms with Crippen LogP contribution in [-0.2, 0) is 16.1 Å². The average molecular weight is 328 g/mol. The van der Waals surface area contributed by atoms with Crippen LogP contribution in [0.5, 0.6) is 0 Å². The number of para-hydroxylation sites is 1. The summed E-state index contributed by atoms with van der Waals surface area (Å²) < 4.78 is 6.66. The third-order valence-corrected chi connectivity index (χ3v) is 4.73. The lowest BCUT2D eigenvalue weighted by Gasteiger charge is -2.26. The number of carbonyl (C=O) groups excluding carboxylic acids is 2. The van der Waals surface area contributed by atoms with Crippen molar-refractivity contribution < 1.29 is 14.3 Å². The number of nitrogens with zero attached hydrogens (tertiary/aromatic N) is 2. The van der Waals surface area contributed by atoms with Crippen molar-refractivity contribution in [1.29, 1.82) is 0 Å². The molecule has 1 aliphatic heterocycles.